The molecule has 0 aliphatic rings. The first kappa shape index (κ1) is 22.9. The summed E-state index contributed by atoms with van der Waals surface area (Å²) >= 11 is 0. The van der Waals surface area contributed by atoms with E-state index in [9.17, 15) is 18.0 Å². The zero-order valence-electron chi connectivity index (χ0n) is 16.1. The number of nitrogens with one attached hydrogen (secondary N) is 1. The fourth-order valence-corrected chi connectivity index (χ4v) is 2.45. The second kappa shape index (κ2) is 10.3. The third-order valence-electron chi connectivity index (χ3n) is 3.13. The predicted octanol–water partition coefficient (Wildman–Crippen LogP) is 2.38. The molecular formula is C18H27NO7S. The van der Waals surface area contributed by atoms with Gasteiger partial charge in [-0.2, -0.15) is 8.42 Å². The fourth-order valence-electron chi connectivity index (χ4n) is 2.03. The van der Waals surface area contributed by atoms with Gasteiger partial charge in [-0.3, -0.25) is 4.18 Å². The number of hydrogen-bond donors (Lipinski definition) is 1. The van der Waals surface area contributed by atoms with Gasteiger partial charge in [0.05, 0.1) is 12.9 Å². The van der Waals surface area contributed by atoms with Crippen LogP contribution in [0.2, 0.25) is 0 Å². The summed E-state index contributed by atoms with van der Waals surface area (Å²) < 4.78 is 37.1. The van der Waals surface area contributed by atoms with Crippen molar-refractivity contribution in [1.82, 2.24) is 5.32 Å². The number of hydrogen-bond acceptors (Lipinski definition) is 7. The standard InChI is InChI=1S/C18H27NO7S/c1-18(2,3)26-17(21)19-15(11-8-12-25-27(4,22)23)16(20)24-13-14-9-6-5-7-10-14/h5-7,9-10,15H,8,11-13H2,1-4H3,(H,19,21)/t15-/m1/s1. The molecule has 0 bridgehead atoms. The van der Waals surface area contributed by atoms with Gasteiger partial charge < -0.3 is 14.8 Å². The minimum atomic E-state index is -3.56. The molecule has 8 nitrogen and oxygen atoms in total. The molecule has 1 N–H and O–H groups in total. The van der Waals surface area contributed by atoms with E-state index >= 15 is 0 Å². The topological polar surface area (TPSA) is 108 Å². The molecular weight excluding hydrogens is 374 g/mol. The van der Waals surface area contributed by atoms with Crippen LogP contribution in [0.3, 0.4) is 0 Å². The van der Waals surface area contributed by atoms with Crippen molar-refractivity contribution >= 4 is 22.2 Å². The summed E-state index contributed by atoms with van der Waals surface area (Å²) in [5, 5.41) is 2.47. The number of rotatable bonds is 9. The average Bonchev–Trinajstić information content (AvgIpc) is 2.53. The van der Waals surface area contributed by atoms with Crippen LogP contribution < -0.4 is 5.32 Å². The normalized spacial score (nSPS) is 12.9. The van der Waals surface area contributed by atoms with E-state index in [-0.39, 0.29) is 26.1 Å². The minimum Gasteiger partial charge on any atom is -0.459 e. The van der Waals surface area contributed by atoms with E-state index < -0.39 is 33.8 Å². The van der Waals surface area contributed by atoms with Crippen molar-refractivity contribution < 1.29 is 31.7 Å². The molecule has 0 unspecified atom stereocenters. The second-order valence-electron chi connectivity index (χ2n) is 6.96. The summed E-state index contributed by atoms with van der Waals surface area (Å²) in [5.41, 5.74) is 0.0874. The molecule has 0 spiro atoms. The lowest BCUT2D eigenvalue weighted by atomic mass is 10.1. The monoisotopic (exact) mass is 401 g/mol. The quantitative estimate of drug-likeness (QED) is 0.384. The van der Waals surface area contributed by atoms with E-state index in [0.717, 1.165) is 11.8 Å². The van der Waals surface area contributed by atoms with E-state index in [2.05, 4.69) is 9.50 Å². The Hall–Kier alpha value is -2.13. The molecule has 0 aromatic heterocycles. The van der Waals surface area contributed by atoms with E-state index in [1.807, 2.05) is 30.3 Å². The van der Waals surface area contributed by atoms with Crippen LogP contribution in [0, 0.1) is 0 Å². The van der Waals surface area contributed by atoms with Gasteiger partial charge in [0, 0.05) is 0 Å². The first-order valence-corrected chi connectivity index (χ1v) is 10.3. The van der Waals surface area contributed by atoms with E-state index in [1.165, 1.54) is 0 Å². The van der Waals surface area contributed by atoms with Gasteiger partial charge in [-0.1, -0.05) is 30.3 Å². The summed E-state index contributed by atoms with van der Waals surface area (Å²) in [7, 11) is -3.56. The number of carbonyl (C=O) groups excluding carboxylic acids is 2. The highest BCUT2D eigenvalue weighted by atomic mass is 32.2. The molecule has 152 valence electrons. The van der Waals surface area contributed by atoms with Gasteiger partial charge in [0.2, 0.25) is 0 Å². The van der Waals surface area contributed by atoms with Crippen molar-refractivity contribution in [2.24, 2.45) is 0 Å². The van der Waals surface area contributed by atoms with Gasteiger partial charge >= 0.3 is 12.1 Å². The van der Waals surface area contributed by atoms with Crippen LogP contribution in [-0.4, -0.2) is 45.0 Å². The molecule has 0 saturated carbocycles. The predicted molar refractivity (Wildman–Crippen MR) is 99.4 cm³/mol. The van der Waals surface area contributed by atoms with E-state index in [4.69, 9.17) is 9.47 Å². The summed E-state index contributed by atoms with van der Waals surface area (Å²) in [6.45, 7) is 5.07. The zero-order chi connectivity index (χ0) is 20.5. The number of ether oxygens (including phenoxy) is 2. The SMILES string of the molecule is CC(C)(C)OC(=O)N[C@H](CCCOS(C)(=O)=O)C(=O)OCc1ccccc1. The maximum atomic E-state index is 12.4. The first-order valence-electron chi connectivity index (χ1n) is 8.51. The van der Waals surface area contributed by atoms with Crippen molar-refractivity contribution in [3.63, 3.8) is 0 Å². The van der Waals surface area contributed by atoms with E-state index in [0.29, 0.717) is 0 Å². The van der Waals surface area contributed by atoms with Gasteiger partial charge in [0.25, 0.3) is 10.1 Å². The highest BCUT2D eigenvalue weighted by Crippen LogP contribution is 2.10. The van der Waals surface area contributed by atoms with Crippen molar-refractivity contribution in [1.29, 1.82) is 0 Å². The molecule has 0 saturated heterocycles. The molecule has 0 heterocycles. The molecule has 1 atom stereocenters. The molecule has 27 heavy (non-hydrogen) atoms. The molecule has 0 aliphatic heterocycles. The Morgan fingerprint density at radius 3 is 2.33 bits per heavy atom. The number of amides is 1. The van der Waals surface area contributed by atoms with Gasteiger partial charge in [0.15, 0.2) is 0 Å². The third-order valence-corrected chi connectivity index (χ3v) is 3.73. The zero-order valence-corrected chi connectivity index (χ0v) is 16.9. The summed E-state index contributed by atoms with van der Waals surface area (Å²) in [6.07, 6.45) is 0.557. The van der Waals surface area contributed by atoms with Gasteiger partial charge in [-0.25, -0.2) is 9.59 Å². The Morgan fingerprint density at radius 2 is 1.78 bits per heavy atom. The summed E-state index contributed by atoms with van der Waals surface area (Å²) in [6, 6.07) is 8.13. The molecule has 0 fully saturated rings. The highest BCUT2D eigenvalue weighted by molar-refractivity contribution is 7.85. The van der Waals surface area contributed by atoms with Crippen molar-refractivity contribution in [3.8, 4) is 0 Å². The molecule has 1 aromatic carbocycles. The number of benzene rings is 1. The lowest BCUT2D eigenvalue weighted by Crippen LogP contribution is -2.44. The number of esters is 1. The van der Waals surface area contributed by atoms with Crippen molar-refractivity contribution in [3.05, 3.63) is 35.9 Å². The lowest BCUT2D eigenvalue weighted by molar-refractivity contribution is -0.147. The number of alkyl carbamates (subject to hydrolysis) is 1. The first-order chi connectivity index (χ1) is 12.5. The maximum Gasteiger partial charge on any atom is 0.408 e. The minimum absolute atomic E-state index is 0.0615. The Morgan fingerprint density at radius 1 is 1.15 bits per heavy atom. The molecule has 1 aromatic rings. The average molecular weight is 401 g/mol. The van der Waals surface area contributed by atoms with Crippen LogP contribution in [-0.2, 0) is 35.2 Å². The molecule has 1 rings (SSSR count). The van der Waals surface area contributed by atoms with Crippen LogP contribution in [0.25, 0.3) is 0 Å². The summed E-state index contributed by atoms with van der Waals surface area (Å²) in [4.78, 5) is 24.3. The van der Waals surface area contributed by atoms with Crippen LogP contribution >= 0.6 is 0 Å². The Kier molecular flexibility index (Phi) is 8.71. The van der Waals surface area contributed by atoms with Crippen molar-refractivity contribution in [2.75, 3.05) is 12.9 Å². The summed E-state index contributed by atoms with van der Waals surface area (Å²) in [5.74, 6) is -0.635. The van der Waals surface area contributed by atoms with Crippen molar-refractivity contribution in [2.45, 2.75) is 51.9 Å². The molecule has 9 heteroatoms. The fraction of sp³-hybridized carbons (Fsp3) is 0.556. The molecule has 0 aliphatic carbocycles. The molecule has 0 radical (unpaired) electrons. The van der Waals surface area contributed by atoms with Gasteiger partial charge in [-0.05, 0) is 39.2 Å². The van der Waals surface area contributed by atoms with Crippen LogP contribution in [0.5, 0.6) is 0 Å². The van der Waals surface area contributed by atoms with Gasteiger partial charge in [-0.15, -0.1) is 0 Å². The Labute approximate surface area is 160 Å². The van der Waals surface area contributed by atoms with Gasteiger partial charge in [0.1, 0.15) is 18.2 Å². The Balaban J connectivity index is 2.64. The number of carbonyl (C=O) groups is 2. The van der Waals surface area contributed by atoms with E-state index in [1.54, 1.807) is 20.8 Å². The molecule has 1 amide bonds. The van der Waals surface area contributed by atoms with Crippen LogP contribution in [0.4, 0.5) is 4.79 Å². The third kappa shape index (κ3) is 11.2. The highest BCUT2D eigenvalue weighted by Gasteiger charge is 2.25. The maximum absolute atomic E-state index is 12.4. The smallest absolute Gasteiger partial charge is 0.408 e. The van der Waals surface area contributed by atoms with Crippen LogP contribution in [0.1, 0.15) is 39.2 Å². The second-order valence-corrected chi connectivity index (χ2v) is 8.60. The van der Waals surface area contributed by atoms with Crippen LogP contribution in [0.15, 0.2) is 30.3 Å². The lowest BCUT2D eigenvalue weighted by Gasteiger charge is -2.23. The Bertz CT molecular complexity index is 711. The largest absolute Gasteiger partial charge is 0.459 e.